The average molecular weight is 603 g/mol. The van der Waals surface area contributed by atoms with E-state index in [2.05, 4.69) is 35.6 Å². The van der Waals surface area contributed by atoms with Crippen LogP contribution >= 0.6 is 34.8 Å². The Hall–Kier alpha value is -4.41. The number of rotatable bonds is 5. The second-order valence-corrected chi connectivity index (χ2v) is 11.3. The Morgan fingerprint density at radius 2 is 1.10 bits per heavy atom. The first kappa shape index (κ1) is 26.5. The third kappa shape index (κ3) is 5.08. The Bertz CT molecular complexity index is 2100. The summed E-state index contributed by atoms with van der Waals surface area (Å²) in [4.78, 5) is 10.3. The largest absolute Gasteiger partial charge is 0.340 e. The predicted octanol–water partition coefficient (Wildman–Crippen LogP) is 11.5. The summed E-state index contributed by atoms with van der Waals surface area (Å²) in [5, 5.41) is 7.38. The van der Waals surface area contributed by atoms with E-state index in [1.807, 2.05) is 97.1 Å². The van der Waals surface area contributed by atoms with Gasteiger partial charge in [0.15, 0.2) is 0 Å². The van der Waals surface area contributed by atoms with Gasteiger partial charge >= 0.3 is 0 Å². The quantitative estimate of drug-likeness (QED) is 0.213. The van der Waals surface area contributed by atoms with Crippen LogP contribution in [-0.4, -0.2) is 9.97 Å². The molecule has 5 aromatic carbocycles. The molecule has 2 heterocycles. The Balaban J connectivity index is 1.61. The van der Waals surface area contributed by atoms with Crippen LogP contribution in [0.1, 0.15) is 0 Å². The van der Waals surface area contributed by atoms with Gasteiger partial charge < -0.3 is 5.32 Å². The van der Waals surface area contributed by atoms with Crippen LogP contribution in [0.15, 0.2) is 127 Å². The first-order valence-corrected chi connectivity index (χ1v) is 14.5. The Morgan fingerprint density at radius 3 is 1.79 bits per heavy atom. The van der Waals surface area contributed by atoms with Crippen LogP contribution in [0, 0.1) is 0 Å². The highest BCUT2D eigenvalue weighted by atomic mass is 35.5. The van der Waals surface area contributed by atoms with Gasteiger partial charge in [-0.1, -0.05) is 114 Å². The summed E-state index contributed by atoms with van der Waals surface area (Å²) in [7, 11) is 0. The molecule has 0 amide bonds. The lowest BCUT2D eigenvalue weighted by molar-refractivity contribution is 1.33. The fourth-order valence-corrected chi connectivity index (χ4v) is 5.89. The Morgan fingerprint density at radius 1 is 0.476 bits per heavy atom. The van der Waals surface area contributed by atoms with E-state index in [-0.39, 0.29) is 0 Å². The minimum Gasteiger partial charge on any atom is -0.340 e. The number of halogens is 3. The van der Waals surface area contributed by atoms with Gasteiger partial charge in [0.1, 0.15) is 5.82 Å². The summed E-state index contributed by atoms with van der Waals surface area (Å²) in [6.45, 7) is 0. The van der Waals surface area contributed by atoms with Crippen molar-refractivity contribution in [3.05, 3.63) is 142 Å². The van der Waals surface area contributed by atoms with Crippen molar-refractivity contribution in [2.45, 2.75) is 0 Å². The van der Waals surface area contributed by atoms with E-state index in [1.54, 1.807) is 0 Å². The zero-order valence-electron chi connectivity index (χ0n) is 22.2. The molecule has 0 bridgehead atoms. The third-order valence-electron chi connectivity index (χ3n) is 7.21. The van der Waals surface area contributed by atoms with Gasteiger partial charge in [0, 0.05) is 37.1 Å². The number of anilines is 2. The number of aromatic nitrogens is 2. The molecule has 7 rings (SSSR count). The van der Waals surface area contributed by atoms with E-state index in [0.29, 0.717) is 20.9 Å². The lowest BCUT2D eigenvalue weighted by Gasteiger charge is -2.20. The minimum atomic E-state index is 0.611. The molecule has 0 saturated carbocycles. The SMILES string of the molecule is Clc1cccc(Nc2nc3cc(Cl)ccc3c(-c3ccccc3)c2-c2cc(-c3ccccc3)c3ccc(Cl)cc3n2)c1. The molecule has 0 saturated heterocycles. The number of fused-ring (bicyclic) bond motifs is 2. The maximum atomic E-state index is 6.50. The molecule has 6 heteroatoms. The summed E-state index contributed by atoms with van der Waals surface area (Å²) < 4.78 is 0. The van der Waals surface area contributed by atoms with Crippen molar-refractivity contribution >= 4 is 68.1 Å². The number of benzene rings is 5. The molecule has 0 aliphatic carbocycles. The van der Waals surface area contributed by atoms with Crippen LogP contribution in [0.3, 0.4) is 0 Å². The van der Waals surface area contributed by atoms with Crippen molar-refractivity contribution in [1.82, 2.24) is 9.97 Å². The molecular formula is C36H22Cl3N3. The first-order chi connectivity index (χ1) is 20.5. The van der Waals surface area contributed by atoms with Crippen molar-refractivity contribution in [1.29, 1.82) is 0 Å². The van der Waals surface area contributed by atoms with E-state index in [4.69, 9.17) is 44.8 Å². The van der Waals surface area contributed by atoms with Crippen LogP contribution in [0.4, 0.5) is 11.5 Å². The van der Waals surface area contributed by atoms with Gasteiger partial charge in [-0.05, 0) is 65.2 Å². The van der Waals surface area contributed by atoms with Crippen molar-refractivity contribution < 1.29 is 0 Å². The maximum absolute atomic E-state index is 6.50. The molecule has 0 aliphatic heterocycles. The fourth-order valence-electron chi connectivity index (χ4n) is 5.37. The number of hydrogen-bond acceptors (Lipinski definition) is 3. The number of nitrogens with zero attached hydrogens (tertiary/aromatic N) is 2. The van der Waals surface area contributed by atoms with Crippen LogP contribution < -0.4 is 5.32 Å². The summed E-state index contributed by atoms with van der Waals surface area (Å²) in [6, 6.07) is 42.0. The van der Waals surface area contributed by atoms with Crippen molar-refractivity contribution in [2.24, 2.45) is 0 Å². The Labute approximate surface area is 258 Å². The highest BCUT2D eigenvalue weighted by Gasteiger charge is 2.22. The second kappa shape index (κ2) is 11.1. The number of nitrogens with one attached hydrogen (secondary N) is 1. The monoisotopic (exact) mass is 601 g/mol. The fraction of sp³-hybridized carbons (Fsp3) is 0. The van der Waals surface area contributed by atoms with Crippen LogP contribution in [0.25, 0.3) is 55.3 Å². The van der Waals surface area contributed by atoms with Gasteiger partial charge in [-0.2, -0.15) is 0 Å². The highest BCUT2D eigenvalue weighted by molar-refractivity contribution is 6.32. The maximum Gasteiger partial charge on any atom is 0.141 e. The average Bonchev–Trinajstić information content (AvgIpc) is 3.00. The summed E-state index contributed by atoms with van der Waals surface area (Å²) >= 11 is 19.3. The summed E-state index contributed by atoms with van der Waals surface area (Å²) in [6.07, 6.45) is 0. The minimum absolute atomic E-state index is 0.611. The standard InChI is InChI=1S/C36H22Cl3N3/c37-24-12-7-13-27(18-24)40-36-35(34(23-10-5-2-6-11-23)29-17-15-26(39)20-32(29)42-36)33-21-30(22-8-3-1-4-9-22)28-16-14-25(38)19-31(28)41-33/h1-21H,(H,40,42). The first-order valence-electron chi connectivity index (χ1n) is 13.4. The summed E-state index contributed by atoms with van der Waals surface area (Å²) in [5.74, 6) is 0.638. The van der Waals surface area contributed by atoms with Crippen LogP contribution in [-0.2, 0) is 0 Å². The molecular weight excluding hydrogens is 581 g/mol. The molecule has 3 nitrogen and oxygen atoms in total. The van der Waals surface area contributed by atoms with E-state index in [1.165, 1.54) is 0 Å². The van der Waals surface area contributed by atoms with E-state index in [0.717, 1.165) is 61.0 Å². The lowest BCUT2D eigenvalue weighted by atomic mass is 9.91. The number of pyridine rings is 2. The molecule has 0 fully saturated rings. The zero-order valence-corrected chi connectivity index (χ0v) is 24.4. The Kier molecular flexibility index (Phi) is 7.01. The highest BCUT2D eigenvalue weighted by Crippen LogP contribution is 2.44. The lowest BCUT2D eigenvalue weighted by Crippen LogP contribution is -2.02. The predicted molar refractivity (Wildman–Crippen MR) is 178 cm³/mol. The van der Waals surface area contributed by atoms with Crippen LogP contribution in [0.5, 0.6) is 0 Å². The molecule has 7 aromatic rings. The molecule has 0 unspecified atom stereocenters. The van der Waals surface area contributed by atoms with E-state index < -0.39 is 0 Å². The van der Waals surface area contributed by atoms with Gasteiger partial charge in [0.2, 0.25) is 0 Å². The second-order valence-electron chi connectivity index (χ2n) is 9.96. The molecule has 202 valence electrons. The molecule has 2 aromatic heterocycles. The molecule has 0 atom stereocenters. The van der Waals surface area contributed by atoms with Crippen molar-refractivity contribution in [3.63, 3.8) is 0 Å². The smallest absolute Gasteiger partial charge is 0.141 e. The van der Waals surface area contributed by atoms with Crippen molar-refractivity contribution in [3.8, 4) is 33.5 Å². The van der Waals surface area contributed by atoms with Gasteiger partial charge in [0.05, 0.1) is 22.3 Å². The third-order valence-corrected chi connectivity index (χ3v) is 7.92. The molecule has 1 N–H and O–H groups in total. The van der Waals surface area contributed by atoms with Crippen molar-refractivity contribution in [2.75, 3.05) is 5.32 Å². The van der Waals surface area contributed by atoms with Gasteiger partial charge in [0.25, 0.3) is 0 Å². The molecule has 0 aliphatic rings. The van der Waals surface area contributed by atoms with E-state index in [9.17, 15) is 0 Å². The summed E-state index contributed by atoms with van der Waals surface area (Å²) in [5.41, 5.74) is 8.15. The van der Waals surface area contributed by atoms with Crippen LogP contribution in [0.2, 0.25) is 15.1 Å². The normalized spacial score (nSPS) is 11.2. The van der Waals surface area contributed by atoms with Gasteiger partial charge in [-0.15, -0.1) is 0 Å². The topological polar surface area (TPSA) is 37.8 Å². The zero-order chi connectivity index (χ0) is 28.6. The van der Waals surface area contributed by atoms with E-state index >= 15 is 0 Å². The number of hydrogen-bond donors (Lipinski definition) is 1. The van der Waals surface area contributed by atoms with Gasteiger partial charge in [-0.3, -0.25) is 0 Å². The molecule has 0 radical (unpaired) electrons. The molecule has 42 heavy (non-hydrogen) atoms. The molecule has 0 spiro atoms. The van der Waals surface area contributed by atoms with Gasteiger partial charge in [-0.25, -0.2) is 9.97 Å².